The van der Waals surface area contributed by atoms with Crippen molar-refractivity contribution in [2.75, 3.05) is 0 Å². The molecule has 2 heteroatoms. The minimum Gasteiger partial charge on any atom is -0.458 e. The van der Waals surface area contributed by atoms with Crippen molar-refractivity contribution in [3.8, 4) is 0 Å². The number of furan rings is 1. The Labute approximate surface area is 114 Å². The minimum absolute atomic E-state index is 0.330. The highest BCUT2D eigenvalue weighted by Gasteiger charge is 2.37. The first kappa shape index (κ1) is 12.7. The van der Waals surface area contributed by atoms with Gasteiger partial charge in [0.05, 0.1) is 0 Å². The molecule has 0 bridgehead atoms. The molecular formula is C17H22O2. The zero-order chi connectivity index (χ0) is 13.5. The molecule has 1 fully saturated rings. The van der Waals surface area contributed by atoms with E-state index in [-0.39, 0.29) is 0 Å². The van der Waals surface area contributed by atoms with Crippen molar-refractivity contribution in [1.82, 2.24) is 0 Å². The van der Waals surface area contributed by atoms with E-state index < -0.39 is 5.60 Å². The number of hydrogen-bond donors (Lipinski definition) is 1. The standard InChI is InChI=1S/C17H22O2/c1-16(2)8-5-9-17(18,11-10-16)15-12-13-6-3-4-7-14(13)19-15/h3-4,6-7,12,18H,5,8-11H2,1-2H3. The summed E-state index contributed by atoms with van der Waals surface area (Å²) < 4.78 is 5.88. The number of aliphatic hydroxyl groups is 1. The van der Waals surface area contributed by atoms with Gasteiger partial charge < -0.3 is 9.52 Å². The summed E-state index contributed by atoms with van der Waals surface area (Å²) in [6.07, 6.45) is 4.87. The molecule has 3 rings (SSSR count). The predicted octanol–water partition coefficient (Wildman–Crippen LogP) is 4.61. The fraction of sp³-hybridized carbons (Fsp3) is 0.529. The molecule has 0 spiro atoms. The van der Waals surface area contributed by atoms with Crippen LogP contribution in [0, 0.1) is 5.41 Å². The lowest BCUT2D eigenvalue weighted by atomic mass is 9.84. The van der Waals surface area contributed by atoms with Crippen molar-refractivity contribution in [1.29, 1.82) is 0 Å². The second-order valence-electron chi connectivity index (χ2n) is 6.70. The second-order valence-corrected chi connectivity index (χ2v) is 6.70. The number of rotatable bonds is 1. The summed E-state index contributed by atoms with van der Waals surface area (Å²) in [7, 11) is 0. The van der Waals surface area contributed by atoms with Gasteiger partial charge in [-0.25, -0.2) is 0 Å². The SMILES string of the molecule is CC1(C)CCCC(O)(c2cc3ccccc3o2)CC1. The Hall–Kier alpha value is -1.28. The first-order chi connectivity index (χ1) is 8.99. The van der Waals surface area contributed by atoms with E-state index >= 15 is 0 Å². The molecule has 1 unspecified atom stereocenters. The van der Waals surface area contributed by atoms with Crippen LogP contribution in [0.5, 0.6) is 0 Å². The van der Waals surface area contributed by atoms with Crippen LogP contribution in [0.2, 0.25) is 0 Å². The molecule has 0 radical (unpaired) electrons. The molecule has 0 saturated heterocycles. The van der Waals surface area contributed by atoms with Crippen molar-refractivity contribution in [3.63, 3.8) is 0 Å². The highest BCUT2D eigenvalue weighted by Crippen LogP contribution is 2.43. The van der Waals surface area contributed by atoms with Crippen LogP contribution in [0.25, 0.3) is 11.0 Å². The summed E-state index contributed by atoms with van der Waals surface area (Å²) >= 11 is 0. The Balaban J connectivity index is 1.95. The lowest BCUT2D eigenvalue weighted by Gasteiger charge is -2.25. The van der Waals surface area contributed by atoms with E-state index in [2.05, 4.69) is 13.8 Å². The predicted molar refractivity (Wildman–Crippen MR) is 77.0 cm³/mol. The van der Waals surface area contributed by atoms with Crippen LogP contribution in [0.3, 0.4) is 0 Å². The molecular weight excluding hydrogens is 236 g/mol. The monoisotopic (exact) mass is 258 g/mol. The summed E-state index contributed by atoms with van der Waals surface area (Å²) in [5.41, 5.74) is 0.415. The molecule has 2 aromatic rings. The van der Waals surface area contributed by atoms with Crippen LogP contribution >= 0.6 is 0 Å². The largest absolute Gasteiger partial charge is 0.458 e. The third kappa shape index (κ3) is 2.42. The van der Waals surface area contributed by atoms with Crippen LogP contribution in [-0.2, 0) is 5.60 Å². The molecule has 1 saturated carbocycles. The first-order valence-corrected chi connectivity index (χ1v) is 7.20. The Bertz CT molecular complexity index is 549. The molecule has 1 atom stereocenters. The van der Waals surface area contributed by atoms with Gasteiger partial charge in [-0.2, -0.15) is 0 Å². The van der Waals surface area contributed by atoms with E-state index in [0.717, 1.165) is 42.4 Å². The van der Waals surface area contributed by atoms with Crippen LogP contribution in [0.4, 0.5) is 0 Å². The molecule has 1 aliphatic carbocycles. The molecule has 0 amide bonds. The molecule has 1 aromatic heterocycles. The molecule has 102 valence electrons. The first-order valence-electron chi connectivity index (χ1n) is 7.20. The van der Waals surface area contributed by atoms with Gasteiger partial charge in [-0.3, -0.25) is 0 Å². The van der Waals surface area contributed by atoms with E-state index in [4.69, 9.17) is 4.42 Å². The fourth-order valence-electron chi connectivity index (χ4n) is 3.11. The number of benzene rings is 1. The van der Waals surface area contributed by atoms with Crippen LogP contribution in [0.15, 0.2) is 34.7 Å². The Kier molecular flexibility index (Phi) is 2.94. The van der Waals surface area contributed by atoms with Gasteiger partial charge in [0.15, 0.2) is 0 Å². The van der Waals surface area contributed by atoms with Crippen LogP contribution in [-0.4, -0.2) is 5.11 Å². The summed E-state index contributed by atoms with van der Waals surface area (Å²) in [5.74, 6) is 0.742. The maximum Gasteiger partial charge on any atom is 0.136 e. The number of para-hydroxylation sites is 1. The van der Waals surface area contributed by atoms with Gasteiger partial charge in [-0.15, -0.1) is 0 Å². The lowest BCUT2D eigenvalue weighted by molar-refractivity contribution is -0.00122. The van der Waals surface area contributed by atoms with Crippen molar-refractivity contribution >= 4 is 11.0 Å². The van der Waals surface area contributed by atoms with Crippen molar-refractivity contribution < 1.29 is 9.52 Å². The summed E-state index contributed by atoms with van der Waals surface area (Å²) in [4.78, 5) is 0. The molecule has 1 aromatic carbocycles. The molecule has 2 nitrogen and oxygen atoms in total. The maximum atomic E-state index is 11.0. The van der Waals surface area contributed by atoms with Crippen molar-refractivity contribution in [3.05, 3.63) is 36.1 Å². The Morgan fingerprint density at radius 2 is 1.84 bits per heavy atom. The second kappa shape index (κ2) is 4.38. The quantitative estimate of drug-likeness (QED) is 0.758. The molecule has 19 heavy (non-hydrogen) atoms. The van der Waals surface area contributed by atoms with Gasteiger partial charge in [0.25, 0.3) is 0 Å². The smallest absolute Gasteiger partial charge is 0.136 e. The highest BCUT2D eigenvalue weighted by molar-refractivity contribution is 5.77. The fourth-order valence-corrected chi connectivity index (χ4v) is 3.11. The lowest BCUT2D eigenvalue weighted by Crippen LogP contribution is -2.24. The zero-order valence-corrected chi connectivity index (χ0v) is 11.8. The van der Waals surface area contributed by atoms with Crippen molar-refractivity contribution in [2.45, 2.75) is 51.6 Å². The number of fused-ring (bicyclic) bond motifs is 1. The highest BCUT2D eigenvalue weighted by atomic mass is 16.4. The van der Waals surface area contributed by atoms with E-state index in [9.17, 15) is 5.11 Å². The summed E-state index contributed by atoms with van der Waals surface area (Å²) in [5, 5.41) is 12.0. The maximum absolute atomic E-state index is 11.0. The van der Waals surface area contributed by atoms with E-state index in [0.29, 0.717) is 5.41 Å². The normalized spacial score (nSPS) is 27.3. The average Bonchev–Trinajstić information content (AvgIpc) is 2.75. The number of hydrogen-bond acceptors (Lipinski definition) is 2. The van der Waals surface area contributed by atoms with Crippen LogP contribution in [0.1, 0.15) is 51.7 Å². The Morgan fingerprint density at radius 3 is 2.63 bits per heavy atom. The van der Waals surface area contributed by atoms with Gasteiger partial charge >= 0.3 is 0 Å². The molecule has 1 heterocycles. The van der Waals surface area contributed by atoms with E-state index in [1.165, 1.54) is 6.42 Å². The van der Waals surface area contributed by atoms with Gasteiger partial charge in [0.1, 0.15) is 16.9 Å². The molecule has 1 aliphatic rings. The summed E-state index contributed by atoms with van der Waals surface area (Å²) in [6, 6.07) is 9.97. The van der Waals surface area contributed by atoms with Gasteiger partial charge in [0, 0.05) is 5.39 Å². The van der Waals surface area contributed by atoms with Gasteiger partial charge in [-0.1, -0.05) is 32.0 Å². The van der Waals surface area contributed by atoms with Crippen LogP contribution < -0.4 is 0 Å². The topological polar surface area (TPSA) is 33.4 Å². The zero-order valence-electron chi connectivity index (χ0n) is 11.8. The van der Waals surface area contributed by atoms with Crippen molar-refractivity contribution in [2.24, 2.45) is 5.41 Å². The third-order valence-corrected chi connectivity index (χ3v) is 4.54. The Morgan fingerprint density at radius 1 is 1.05 bits per heavy atom. The van der Waals surface area contributed by atoms with E-state index in [1.807, 2.05) is 30.3 Å². The minimum atomic E-state index is -0.785. The van der Waals surface area contributed by atoms with Gasteiger partial charge in [-0.05, 0) is 49.7 Å². The summed E-state index contributed by atoms with van der Waals surface area (Å²) in [6.45, 7) is 4.58. The molecule has 0 aliphatic heterocycles. The average molecular weight is 258 g/mol. The van der Waals surface area contributed by atoms with E-state index in [1.54, 1.807) is 0 Å². The molecule has 1 N–H and O–H groups in total. The third-order valence-electron chi connectivity index (χ3n) is 4.54. The van der Waals surface area contributed by atoms with Gasteiger partial charge in [0.2, 0.25) is 0 Å².